The summed E-state index contributed by atoms with van der Waals surface area (Å²) in [5, 5.41) is 11.4. The van der Waals surface area contributed by atoms with E-state index in [1.807, 2.05) is 61.6 Å². The van der Waals surface area contributed by atoms with Crippen molar-refractivity contribution in [3.63, 3.8) is 0 Å². The highest BCUT2D eigenvalue weighted by Gasteiger charge is 2.24. The number of nitrogens with zero attached hydrogens (tertiary/aromatic N) is 4. The third kappa shape index (κ3) is 3.79. The van der Waals surface area contributed by atoms with Crippen LogP contribution in [0.3, 0.4) is 0 Å². The molecule has 1 amide bonds. The summed E-state index contributed by atoms with van der Waals surface area (Å²) in [6, 6.07) is 26.7. The number of amides is 1. The van der Waals surface area contributed by atoms with Gasteiger partial charge in [0.15, 0.2) is 5.69 Å². The summed E-state index contributed by atoms with van der Waals surface area (Å²) in [7, 11) is 3.34. The monoisotopic (exact) mass is 575 g/mol. The Labute approximate surface area is 245 Å². The van der Waals surface area contributed by atoms with Crippen LogP contribution in [0.1, 0.15) is 17.4 Å². The normalized spacial score (nSPS) is 11.6. The summed E-state index contributed by atoms with van der Waals surface area (Å²) in [5.74, 6) is 0.0419. The van der Waals surface area contributed by atoms with Crippen molar-refractivity contribution in [2.45, 2.75) is 13.5 Å². The minimum absolute atomic E-state index is 0.129. The molecule has 208 valence electrons. The molecular weight excluding hydrogens is 550 g/mol. The lowest BCUT2D eigenvalue weighted by atomic mass is 10.1. The van der Waals surface area contributed by atoms with Gasteiger partial charge in [-0.3, -0.25) is 9.59 Å². The van der Waals surface area contributed by atoms with E-state index in [1.54, 1.807) is 22.8 Å². The van der Waals surface area contributed by atoms with E-state index in [1.165, 1.54) is 11.8 Å². The molecule has 0 bridgehead atoms. The summed E-state index contributed by atoms with van der Waals surface area (Å²) < 4.78 is 10.6. The van der Waals surface area contributed by atoms with Crippen LogP contribution in [0.4, 0.5) is 5.69 Å². The number of halogens is 1. The van der Waals surface area contributed by atoms with Crippen molar-refractivity contribution in [3.8, 4) is 11.4 Å². The largest absolute Gasteiger partial charge is 0.495 e. The van der Waals surface area contributed by atoms with Gasteiger partial charge in [0, 0.05) is 57.4 Å². The van der Waals surface area contributed by atoms with E-state index >= 15 is 0 Å². The first-order valence-corrected chi connectivity index (χ1v) is 14.0. The maximum atomic E-state index is 14.1. The van der Waals surface area contributed by atoms with Crippen LogP contribution in [0, 0.1) is 0 Å². The molecule has 3 heterocycles. The molecule has 1 N–H and O–H groups in total. The topological polar surface area (TPSA) is 83.1 Å². The molecule has 0 aliphatic heterocycles. The van der Waals surface area contributed by atoms with Gasteiger partial charge in [0.2, 0.25) is 0 Å². The van der Waals surface area contributed by atoms with Gasteiger partial charge in [-0.2, -0.15) is 9.78 Å². The fourth-order valence-electron chi connectivity index (χ4n) is 5.96. The first kappa shape index (κ1) is 25.9. The number of carbonyl (C=O) groups excluding carboxylic acids is 1. The Kier molecular flexibility index (Phi) is 6.02. The Morgan fingerprint density at radius 1 is 0.905 bits per heavy atom. The lowest BCUT2D eigenvalue weighted by Gasteiger charge is -2.12. The molecule has 0 atom stereocenters. The molecular formula is C33H26ClN5O3. The van der Waals surface area contributed by atoms with Gasteiger partial charge < -0.3 is 19.2 Å². The number of rotatable bonds is 5. The molecule has 3 aromatic heterocycles. The molecule has 42 heavy (non-hydrogen) atoms. The van der Waals surface area contributed by atoms with E-state index < -0.39 is 5.91 Å². The molecule has 0 saturated carbocycles. The average Bonchev–Trinajstić information content (AvgIpc) is 3.49. The minimum Gasteiger partial charge on any atom is -0.495 e. The average molecular weight is 576 g/mol. The van der Waals surface area contributed by atoms with Gasteiger partial charge in [0.25, 0.3) is 11.5 Å². The quantitative estimate of drug-likeness (QED) is 0.241. The number of aryl methyl sites for hydroxylation is 2. The number of para-hydroxylation sites is 2. The molecule has 0 fully saturated rings. The Morgan fingerprint density at radius 3 is 2.36 bits per heavy atom. The predicted octanol–water partition coefficient (Wildman–Crippen LogP) is 6.92. The highest BCUT2D eigenvalue weighted by molar-refractivity contribution is 6.32. The van der Waals surface area contributed by atoms with Gasteiger partial charge in [-0.05, 0) is 55.5 Å². The maximum Gasteiger partial charge on any atom is 0.296 e. The van der Waals surface area contributed by atoms with Gasteiger partial charge in [0.1, 0.15) is 11.3 Å². The first-order valence-electron chi connectivity index (χ1n) is 13.6. The van der Waals surface area contributed by atoms with Crippen LogP contribution in [0.5, 0.6) is 5.75 Å². The summed E-state index contributed by atoms with van der Waals surface area (Å²) in [6.45, 7) is 2.95. The standard InChI is InChI=1S/C33H26ClN5O3/c1-4-38-26-12-8-5-9-21(26)23-17-19(13-15-27(23)38)35-32(40)30-29-22-10-6-7-11-25(22)37(2)31(29)33(41)39(36-30)20-14-16-28(42-3)24(34)18-20/h5-18H,4H2,1-3H3,(H,35,40). The second-order valence-electron chi connectivity index (χ2n) is 10.1. The van der Waals surface area contributed by atoms with Gasteiger partial charge in [-0.15, -0.1) is 0 Å². The number of anilines is 1. The third-order valence-electron chi connectivity index (χ3n) is 7.88. The van der Waals surface area contributed by atoms with Crippen molar-refractivity contribution in [2.24, 2.45) is 7.05 Å². The van der Waals surface area contributed by atoms with Crippen LogP contribution in [0.2, 0.25) is 5.02 Å². The van der Waals surface area contributed by atoms with Crippen LogP contribution in [0.25, 0.3) is 49.3 Å². The number of ether oxygens (including phenoxy) is 1. The number of nitrogens with one attached hydrogen (secondary N) is 1. The van der Waals surface area contributed by atoms with Crippen molar-refractivity contribution in [1.82, 2.24) is 18.9 Å². The second-order valence-corrected chi connectivity index (χ2v) is 10.5. The fourth-order valence-corrected chi connectivity index (χ4v) is 6.21. The van der Waals surface area contributed by atoms with Crippen LogP contribution in [0.15, 0.2) is 89.7 Å². The van der Waals surface area contributed by atoms with E-state index in [-0.39, 0.29) is 11.3 Å². The molecule has 0 saturated heterocycles. The Morgan fingerprint density at radius 2 is 1.62 bits per heavy atom. The molecule has 0 aliphatic carbocycles. The van der Waals surface area contributed by atoms with E-state index in [0.717, 1.165) is 39.3 Å². The van der Waals surface area contributed by atoms with E-state index in [0.29, 0.717) is 33.0 Å². The summed E-state index contributed by atoms with van der Waals surface area (Å²) in [6.07, 6.45) is 0. The maximum absolute atomic E-state index is 14.1. The zero-order valence-corrected chi connectivity index (χ0v) is 23.9. The summed E-state index contributed by atoms with van der Waals surface area (Å²) in [5.41, 5.74) is 4.23. The Bertz CT molecular complexity index is 2280. The van der Waals surface area contributed by atoms with Crippen LogP contribution < -0.4 is 15.6 Å². The van der Waals surface area contributed by atoms with Gasteiger partial charge in [0.05, 0.1) is 17.8 Å². The number of hydrogen-bond donors (Lipinski definition) is 1. The summed E-state index contributed by atoms with van der Waals surface area (Å²) in [4.78, 5) is 27.9. The van der Waals surface area contributed by atoms with Gasteiger partial charge in [-0.25, -0.2) is 0 Å². The van der Waals surface area contributed by atoms with Crippen molar-refractivity contribution >= 4 is 66.8 Å². The number of methoxy groups -OCH3 is 1. The highest BCUT2D eigenvalue weighted by Crippen LogP contribution is 2.33. The highest BCUT2D eigenvalue weighted by atomic mass is 35.5. The number of carbonyl (C=O) groups is 1. The lowest BCUT2D eigenvalue weighted by Crippen LogP contribution is -2.27. The zero-order chi connectivity index (χ0) is 29.1. The zero-order valence-electron chi connectivity index (χ0n) is 23.2. The fraction of sp³-hybridized carbons (Fsp3) is 0.121. The van der Waals surface area contributed by atoms with Crippen LogP contribution in [-0.4, -0.2) is 31.9 Å². The first-order chi connectivity index (χ1) is 20.4. The molecule has 0 spiro atoms. The third-order valence-corrected chi connectivity index (χ3v) is 8.18. The molecule has 0 radical (unpaired) electrons. The lowest BCUT2D eigenvalue weighted by molar-refractivity contribution is 0.102. The van der Waals surface area contributed by atoms with Crippen molar-refractivity contribution in [1.29, 1.82) is 0 Å². The van der Waals surface area contributed by atoms with E-state index in [2.05, 4.69) is 34.0 Å². The SMILES string of the molecule is CCn1c2ccccc2c2cc(NC(=O)c3nn(-c4ccc(OC)c(Cl)c4)c(=O)c4c3c3ccccc3n4C)ccc21. The molecule has 9 heteroatoms. The molecule has 0 unspecified atom stereocenters. The van der Waals surface area contributed by atoms with Crippen molar-refractivity contribution < 1.29 is 9.53 Å². The Balaban J connectivity index is 1.42. The Hall–Kier alpha value is -5.08. The number of benzene rings is 4. The summed E-state index contributed by atoms with van der Waals surface area (Å²) >= 11 is 6.40. The molecule has 7 rings (SSSR count). The molecule has 8 nitrogen and oxygen atoms in total. The van der Waals surface area contributed by atoms with E-state index in [9.17, 15) is 9.59 Å². The number of hydrogen-bond acceptors (Lipinski definition) is 4. The van der Waals surface area contributed by atoms with Gasteiger partial charge >= 0.3 is 0 Å². The van der Waals surface area contributed by atoms with Crippen LogP contribution in [-0.2, 0) is 13.6 Å². The van der Waals surface area contributed by atoms with Crippen LogP contribution >= 0.6 is 11.6 Å². The number of aromatic nitrogens is 4. The molecule has 0 aliphatic rings. The molecule has 4 aromatic carbocycles. The molecule has 7 aromatic rings. The second kappa shape index (κ2) is 9.78. The van der Waals surface area contributed by atoms with E-state index in [4.69, 9.17) is 16.3 Å². The number of fused-ring (bicyclic) bond motifs is 6. The van der Waals surface area contributed by atoms with Crippen molar-refractivity contribution in [2.75, 3.05) is 12.4 Å². The van der Waals surface area contributed by atoms with Crippen molar-refractivity contribution in [3.05, 3.63) is 106 Å². The predicted molar refractivity (Wildman–Crippen MR) is 168 cm³/mol. The van der Waals surface area contributed by atoms with Gasteiger partial charge in [-0.1, -0.05) is 48.0 Å². The smallest absolute Gasteiger partial charge is 0.296 e. The minimum atomic E-state index is -0.428.